The lowest BCUT2D eigenvalue weighted by molar-refractivity contribution is -0.116. The molecule has 6 heteroatoms. The van der Waals surface area contributed by atoms with Crippen LogP contribution in [0.3, 0.4) is 0 Å². The number of hydrogen-bond acceptors (Lipinski definition) is 5. The van der Waals surface area contributed by atoms with Crippen LogP contribution in [-0.4, -0.2) is 22.5 Å². The summed E-state index contributed by atoms with van der Waals surface area (Å²) < 4.78 is 5.11. The number of aryl methyl sites for hydroxylation is 1. The number of nitrogens with one attached hydrogen (secondary N) is 1. The largest absolute Gasteiger partial charge is 0.444 e. The minimum Gasteiger partial charge on any atom is -0.444 e. The van der Waals surface area contributed by atoms with Crippen molar-refractivity contribution in [3.8, 4) is 0 Å². The highest BCUT2D eigenvalue weighted by atomic mass is 32.1. The molecule has 1 aromatic rings. The van der Waals surface area contributed by atoms with E-state index in [1.807, 2.05) is 0 Å². The molecule has 0 radical (unpaired) electrons. The van der Waals surface area contributed by atoms with Crippen molar-refractivity contribution in [1.82, 2.24) is 4.98 Å². The van der Waals surface area contributed by atoms with Crippen LogP contribution in [0.5, 0.6) is 0 Å². The lowest BCUT2D eigenvalue weighted by Gasteiger charge is -2.18. The molecule has 0 spiro atoms. The maximum atomic E-state index is 11.5. The molecule has 1 amide bonds. The second-order valence-corrected chi connectivity index (χ2v) is 6.08. The van der Waals surface area contributed by atoms with E-state index in [9.17, 15) is 9.59 Å². The van der Waals surface area contributed by atoms with E-state index in [2.05, 4.69) is 10.3 Å². The first kappa shape index (κ1) is 14.6. The summed E-state index contributed by atoms with van der Waals surface area (Å²) in [7, 11) is 0. The van der Waals surface area contributed by atoms with E-state index in [-0.39, 0.29) is 5.78 Å². The van der Waals surface area contributed by atoms with E-state index < -0.39 is 11.7 Å². The van der Waals surface area contributed by atoms with Crippen molar-refractivity contribution in [3.63, 3.8) is 0 Å². The van der Waals surface area contributed by atoms with Crippen LogP contribution in [0.1, 0.15) is 39.0 Å². The van der Waals surface area contributed by atoms with Gasteiger partial charge in [-0.25, -0.2) is 9.78 Å². The number of thiazole rings is 1. The van der Waals surface area contributed by atoms with Crippen molar-refractivity contribution in [1.29, 1.82) is 0 Å². The predicted octanol–water partition coefficient (Wildman–Crippen LogP) is 3.01. The van der Waals surface area contributed by atoms with Gasteiger partial charge in [-0.15, -0.1) is 11.3 Å². The number of ether oxygens (including phenoxy) is 1. The molecule has 0 aliphatic carbocycles. The molecule has 0 unspecified atom stereocenters. The van der Waals surface area contributed by atoms with E-state index in [1.54, 1.807) is 33.9 Å². The van der Waals surface area contributed by atoms with Crippen LogP contribution in [-0.2, 0) is 16.0 Å². The number of nitrogens with zero attached hydrogens (tertiary/aromatic N) is 1. The Kier molecular flexibility index (Phi) is 4.84. The van der Waals surface area contributed by atoms with Gasteiger partial charge in [0.05, 0.1) is 0 Å². The molecule has 5 nitrogen and oxygen atoms in total. The Bertz CT molecular complexity index is 435. The third-order valence-electron chi connectivity index (χ3n) is 1.88. The third kappa shape index (κ3) is 5.77. The maximum Gasteiger partial charge on any atom is 0.413 e. The molecule has 1 rings (SSSR count). The van der Waals surface area contributed by atoms with Gasteiger partial charge in [0.1, 0.15) is 11.4 Å². The van der Waals surface area contributed by atoms with Gasteiger partial charge in [0.2, 0.25) is 0 Å². The normalized spacial score (nSPS) is 11.1. The predicted molar refractivity (Wildman–Crippen MR) is 71.0 cm³/mol. The fraction of sp³-hybridized carbons (Fsp3) is 0.583. The number of carbonyl (C=O) groups excluding carboxylic acids is 2. The first-order valence-electron chi connectivity index (χ1n) is 5.70. The molecule has 1 N–H and O–H groups in total. The summed E-state index contributed by atoms with van der Waals surface area (Å²) in [5.41, 5.74) is -0.529. The Morgan fingerprint density at radius 2 is 2.11 bits per heavy atom. The van der Waals surface area contributed by atoms with Crippen LogP contribution in [0.4, 0.5) is 9.93 Å². The fourth-order valence-electron chi connectivity index (χ4n) is 1.17. The molecule has 1 heterocycles. The number of anilines is 1. The molecule has 0 saturated heterocycles. The number of Topliss-reactive ketones (excluding diaryl/α,β-unsaturated/α-hetero) is 1. The average Bonchev–Trinajstić information content (AvgIpc) is 2.59. The van der Waals surface area contributed by atoms with Crippen molar-refractivity contribution in [3.05, 3.63) is 11.1 Å². The van der Waals surface area contributed by atoms with Gasteiger partial charge in [-0.2, -0.15) is 0 Å². The summed E-state index contributed by atoms with van der Waals surface area (Å²) in [6.07, 6.45) is 2.30. The van der Waals surface area contributed by atoms with Crippen molar-refractivity contribution in [2.24, 2.45) is 0 Å². The first-order valence-corrected chi connectivity index (χ1v) is 6.52. The third-order valence-corrected chi connectivity index (χ3v) is 2.86. The molecular weight excluding hydrogens is 252 g/mol. The van der Waals surface area contributed by atoms with Crippen molar-refractivity contribution in [2.45, 2.75) is 46.1 Å². The van der Waals surface area contributed by atoms with Gasteiger partial charge >= 0.3 is 6.09 Å². The topological polar surface area (TPSA) is 68.3 Å². The quantitative estimate of drug-likeness (QED) is 0.913. The van der Waals surface area contributed by atoms with Gasteiger partial charge in [-0.1, -0.05) is 0 Å². The zero-order valence-electron chi connectivity index (χ0n) is 11.1. The van der Waals surface area contributed by atoms with Crippen LogP contribution in [0.2, 0.25) is 0 Å². The lowest BCUT2D eigenvalue weighted by Crippen LogP contribution is -2.27. The summed E-state index contributed by atoms with van der Waals surface area (Å²) in [6, 6.07) is 0. The van der Waals surface area contributed by atoms with E-state index >= 15 is 0 Å². The van der Waals surface area contributed by atoms with Crippen molar-refractivity contribution in [2.75, 3.05) is 5.32 Å². The number of carbonyl (C=O) groups is 2. The Balaban J connectivity index is 2.48. The van der Waals surface area contributed by atoms with Crippen molar-refractivity contribution < 1.29 is 14.3 Å². The van der Waals surface area contributed by atoms with Crippen LogP contribution in [0.25, 0.3) is 0 Å². The second kappa shape index (κ2) is 5.95. The molecule has 1 aromatic heterocycles. The van der Waals surface area contributed by atoms with Crippen molar-refractivity contribution >= 4 is 28.3 Å². The average molecular weight is 270 g/mol. The molecule has 0 saturated carbocycles. The Hall–Kier alpha value is -1.43. The minimum atomic E-state index is -0.529. The summed E-state index contributed by atoms with van der Waals surface area (Å²) in [4.78, 5) is 27.4. The van der Waals surface area contributed by atoms with E-state index in [1.165, 1.54) is 11.3 Å². The summed E-state index contributed by atoms with van der Waals surface area (Å²) in [5.74, 6) is 0.144. The van der Waals surface area contributed by atoms with Gasteiger partial charge in [0.15, 0.2) is 5.13 Å². The zero-order chi connectivity index (χ0) is 13.8. The fourth-order valence-corrected chi connectivity index (χ4v) is 1.97. The Morgan fingerprint density at radius 1 is 1.44 bits per heavy atom. The number of hydrogen-bond donors (Lipinski definition) is 1. The molecular formula is C12H18N2O3S. The molecule has 0 bridgehead atoms. The lowest BCUT2D eigenvalue weighted by atomic mass is 10.2. The second-order valence-electron chi connectivity index (χ2n) is 4.96. The van der Waals surface area contributed by atoms with Gasteiger partial charge in [0, 0.05) is 17.5 Å². The summed E-state index contributed by atoms with van der Waals surface area (Å²) >= 11 is 1.35. The molecule has 100 valence electrons. The van der Waals surface area contributed by atoms with E-state index in [0.717, 1.165) is 4.88 Å². The number of rotatable bonds is 4. The van der Waals surface area contributed by atoms with Gasteiger partial charge in [0.25, 0.3) is 0 Å². The Morgan fingerprint density at radius 3 is 2.67 bits per heavy atom. The number of amides is 1. The van der Waals surface area contributed by atoms with Crippen LogP contribution < -0.4 is 5.32 Å². The molecule has 18 heavy (non-hydrogen) atoms. The zero-order valence-corrected chi connectivity index (χ0v) is 11.9. The SMILES string of the molecule is CC(=O)CCc1cnc(NC(=O)OC(C)(C)C)s1. The highest BCUT2D eigenvalue weighted by Crippen LogP contribution is 2.20. The molecule has 0 aliphatic heterocycles. The molecule has 0 aromatic carbocycles. The minimum absolute atomic E-state index is 0.144. The monoisotopic (exact) mass is 270 g/mol. The van der Waals surface area contributed by atoms with Gasteiger partial charge in [-0.05, 0) is 34.1 Å². The maximum absolute atomic E-state index is 11.5. The Labute approximate surface area is 111 Å². The van der Waals surface area contributed by atoms with Crippen LogP contribution in [0.15, 0.2) is 6.20 Å². The summed E-state index contributed by atoms with van der Waals surface area (Å²) in [6.45, 7) is 6.95. The number of aromatic nitrogens is 1. The molecule has 0 fully saturated rings. The van der Waals surface area contributed by atoms with Gasteiger partial charge in [-0.3, -0.25) is 5.32 Å². The standard InChI is InChI=1S/C12H18N2O3S/c1-8(15)5-6-9-7-13-10(18-9)14-11(16)17-12(2,3)4/h7H,5-6H2,1-4H3,(H,13,14,16). The highest BCUT2D eigenvalue weighted by Gasteiger charge is 2.17. The van der Waals surface area contributed by atoms with Crippen LogP contribution in [0, 0.1) is 0 Å². The molecule has 0 aliphatic rings. The highest BCUT2D eigenvalue weighted by molar-refractivity contribution is 7.15. The smallest absolute Gasteiger partial charge is 0.413 e. The van der Waals surface area contributed by atoms with E-state index in [0.29, 0.717) is 18.0 Å². The number of ketones is 1. The first-order chi connectivity index (χ1) is 8.26. The van der Waals surface area contributed by atoms with Crippen LogP contribution >= 0.6 is 11.3 Å². The summed E-state index contributed by atoms with van der Waals surface area (Å²) in [5, 5.41) is 3.06. The van der Waals surface area contributed by atoms with E-state index in [4.69, 9.17) is 4.74 Å². The van der Waals surface area contributed by atoms with Gasteiger partial charge < -0.3 is 9.53 Å². The molecule has 0 atom stereocenters.